The largest absolute Gasteiger partial charge is 0.350 e. The number of nitrogens with zero attached hydrogens (tertiary/aromatic N) is 4. The fourth-order valence-corrected chi connectivity index (χ4v) is 3.66. The van der Waals surface area contributed by atoms with Crippen molar-refractivity contribution in [1.29, 1.82) is 0 Å². The summed E-state index contributed by atoms with van der Waals surface area (Å²) >= 11 is 0. The number of hydrogen-bond donors (Lipinski definition) is 1. The Hall–Kier alpha value is -1.37. The molecule has 120 valence electrons. The maximum Gasteiger partial charge on any atom is 0.350 e. The Bertz CT molecular complexity index is 697. The summed E-state index contributed by atoms with van der Waals surface area (Å²) in [6, 6.07) is 5.63. The normalized spacial score (nSPS) is 25.1. The van der Waals surface area contributed by atoms with Crippen molar-refractivity contribution in [1.82, 2.24) is 24.4 Å². The van der Waals surface area contributed by atoms with Gasteiger partial charge in [0.15, 0.2) is 5.65 Å². The zero-order chi connectivity index (χ0) is 14.2. The Morgan fingerprint density at radius 2 is 2.09 bits per heavy atom. The fourth-order valence-electron chi connectivity index (χ4n) is 3.66. The molecule has 2 aromatic heterocycles. The van der Waals surface area contributed by atoms with Gasteiger partial charge in [-0.05, 0) is 50.0 Å². The van der Waals surface area contributed by atoms with E-state index in [9.17, 15) is 4.79 Å². The van der Waals surface area contributed by atoms with Crippen LogP contribution in [-0.2, 0) is 6.54 Å². The molecule has 0 radical (unpaired) electrons. The molecule has 0 aliphatic carbocycles. The van der Waals surface area contributed by atoms with Gasteiger partial charge in [0.1, 0.15) is 0 Å². The molecular formula is C15H22ClN5O. The first-order valence-electron chi connectivity index (χ1n) is 7.78. The Morgan fingerprint density at radius 1 is 1.23 bits per heavy atom. The van der Waals surface area contributed by atoms with Crippen molar-refractivity contribution < 1.29 is 0 Å². The first-order valence-corrected chi connectivity index (χ1v) is 7.78. The first-order chi connectivity index (χ1) is 10.3. The molecule has 6 nitrogen and oxygen atoms in total. The number of rotatable bonds is 3. The van der Waals surface area contributed by atoms with Crippen molar-refractivity contribution >= 4 is 18.1 Å². The van der Waals surface area contributed by atoms with Gasteiger partial charge < -0.3 is 10.2 Å². The highest BCUT2D eigenvalue weighted by Gasteiger charge is 2.32. The van der Waals surface area contributed by atoms with Gasteiger partial charge >= 0.3 is 5.69 Å². The van der Waals surface area contributed by atoms with E-state index in [1.54, 1.807) is 15.3 Å². The van der Waals surface area contributed by atoms with E-state index in [4.69, 9.17) is 0 Å². The average Bonchev–Trinajstić information content (AvgIpc) is 3.10. The molecule has 0 spiro atoms. The number of hydrogen-bond acceptors (Lipinski definition) is 4. The molecule has 4 heterocycles. The zero-order valence-electron chi connectivity index (χ0n) is 12.5. The van der Waals surface area contributed by atoms with Crippen LogP contribution in [0, 0.1) is 11.8 Å². The van der Waals surface area contributed by atoms with Crippen LogP contribution in [-0.4, -0.2) is 51.8 Å². The minimum Gasteiger partial charge on any atom is -0.316 e. The third-order valence-corrected chi connectivity index (χ3v) is 4.90. The fraction of sp³-hybridized carbons (Fsp3) is 0.600. The molecule has 2 unspecified atom stereocenters. The monoisotopic (exact) mass is 323 g/mol. The van der Waals surface area contributed by atoms with Gasteiger partial charge in [-0.15, -0.1) is 17.5 Å². The van der Waals surface area contributed by atoms with E-state index in [1.165, 1.54) is 13.0 Å². The van der Waals surface area contributed by atoms with Crippen LogP contribution in [0.4, 0.5) is 0 Å². The highest BCUT2D eigenvalue weighted by atomic mass is 35.5. The lowest BCUT2D eigenvalue weighted by atomic mass is 9.89. The van der Waals surface area contributed by atoms with Gasteiger partial charge in [-0.1, -0.05) is 6.07 Å². The lowest BCUT2D eigenvalue weighted by molar-refractivity contribution is 0.142. The van der Waals surface area contributed by atoms with E-state index >= 15 is 0 Å². The van der Waals surface area contributed by atoms with E-state index in [0.29, 0.717) is 6.54 Å². The summed E-state index contributed by atoms with van der Waals surface area (Å²) in [5.74, 6) is 1.65. The molecule has 2 aromatic rings. The summed E-state index contributed by atoms with van der Waals surface area (Å²) in [6.45, 7) is 6.21. The maximum atomic E-state index is 12.2. The van der Waals surface area contributed by atoms with Crippen LogP contribution in [0.1, 0.15) is 6.42 Å². The van der Waals surface area contributed by atoms with Crippen molar-refractivity contribution in [3.05, 3.63) is 34.9 Å². The molecule has 0 aromatic carbocycles. The molecule has 0 bridgehead atoms. The number of halogens is 1. The Balaban J connectivity index is 0.00000144. The smallest absolute Gasteiger partial charge is 0.316 e. The van der Waals surface area contributed by atoms with Crippen LogP contribution >= 0.6 is 12.4 Å². The van der Waals surface area contributed by atoms with Crippen LogP contribution in [0.5, 0.6) is 0 Å². The predicted octanol–water partition coefficient (Wildman–Crippen LogP) is 0.459. The molecule has 0 amide bonds. The minimum absolute atomic E-state index is 0. The molecule has 2 aliphatic rings. The molecule has 1 N–H and O–H groups in total. The lowest BCUT2D eigenvalue weighted by Crippen LogP contribution is -2.42. The van der Waals surface area contributed by atoms with E-state index in [0.717, 1.165) is 43.7 Å². The SMILES string of the molecule is Cl.O=c1n(CCN2CCC3CNCC3C2)nc2ccccn12. The Morgan fingerprint density at radius 3 is 2.95 bits per heavy atom. The number of likely N-dealkylation sites (tertiary alicyclic amines) is 1. The second-order valence-electron chi connectivity index (χ2n) is 6.20. The summed E-state index contributed by atoms with van der Waals surface area (Å²) in [4.78, 5) is 14.7. The molecule has 7 heteroatoms. The number of fused-ring (bicyclic) bond motifs is 2. The van der Waals surface area contributed by atoms with Crippen LogP contribution in [0.2, 0.25) is 0 Å². The quantitative estimate of drug-likeness (QED) is 0.891. The van der Waals surface area contributed by atoms with Gasteiger partial charge in [0.25, 0.3) is 0 Å². The van der Waals surface area contributed by atoms with E-state index < -0.39 is 0 Å². The third-order valence-electron chi connectivity index (χ3n) is 4.90. The summed E-state index contributed by atoms with van der Waals surface area (Å²) < 4.78 is 3.20. The summed E-state index contributed by atoms with van der Waals surface area (Å²) in [5, 5.41) is 7.88. The molecular weight excluding hydrogens is 302 g/mol. The number of pyridine rings is 1. The second kappa shape index (κ2) is 6.40. The molecule has 2 atom stereocenters. The van der Waals surface area contributed by atoms with E-state index in [-0.39, 0.29) is 18.1 Å². The summed E-state index contributed by atoms with van der Waals surface area (Å²) in [6.07, 6.45) is 3.05. The van der Waals surface area contributed by atoms with Gasteiger partial charge in [-0.25, -0.2) is 9.48 Å². The van der Waals surface area contributed by atoms with Crippen molar-refractivity contribution in [2.45, 2.75) is 13.0 Å². The molecule has 2 fully saturated rings. The first kappa shape index (κ1) is 15.5. The van der Waals surface area contributed by atoms with Gasteiger partial charge in [-0.2, -0.15) is 0 Å². The van der Waals surface area contributed by atoms with Crippen molar-refractivity contribution in [2.75, 3.05) is 32.7 Å². The van der Waals surface area contributed by atoms with Gasteiger partial charge in [0.2, 0.25) is 0 Å². The van der Waals surface area contributed by atoms with Crippen LogP contribution in [0.15, 0.2) is 29.2 Å². The van der Waals surface area contributed by atoms with E-state index in [1.807, 2.05) is 18.2 Å². The molecule has 2 saturated heterocycles. The molecule has 22 heavy (non-hydrogen) atoms. The zero-order valence-corrected chi connectivity index (χ0v) is 13.3. The Kier molecular flexibility index (Phi) is 4.52. The molecule has 0 saturated carbocycles. The third kappa shape index (κ3) is 2.78. The van der Waals surface area contributed by atoms with E-state index in [2.05, 4.69) is 15.3 Å². The summed E-state index contributed by atoms with van der Waals surface area (Å²) in [5.41, 5.74) is 0.684. The van der Waals surface area contributed by atoms with Gasteiger partial charge in [0, 0.05) is 19.3 Å². The highest BCUT2D eigenvalue weighted by Crippen LogP contribution is 2.26. The standard InChI is InChI=1S/C15H21N5O.ClH/c21-15-19-5-2-1-3-14(19)17-20(15)8-7-18-6-4-12-9-16-10-13(12)11-18;/h1-3,5,12-13,16H,4,6-11H2;1H. The number of aromatic nitrogens is 3. The topological polar surface area (TPSA) is 54.6 Å². The van der Waals surface area contributed by atoms with Crippen molar-refractivity contribution in [2.24, 2.45) is 11.8 Å². The maximum absolute atomic E-state index is 12.2. The average molecular weight is 324 g/mol. The van der Waals surface area contributed by atoms with Gasteiger partial charge in [-0.3, -0.25) is 4.40 Å². The molecule has 2 aliphatic heterocycles. The van der Waals surface area contributed by atoms with Crippen LogP contribution < -0.4 is 11.0 Å². The predicted molar refractivity (Wildman–Crippen MR) is 87.6 cm³/mol. The molecule has 4 rings (SSSR count). The summed E-state index contributed by atoms with van der Waals surface area (Å²) in [7, 11) is 0. The number of piperidine rings is 1. The second-order valence-corrected chi connectivity index (χ2v) is 6.20. The van der Waals surface area contributed by atoms with Crippen molar-refractivity contribution in [3.63, 3.8) is 0 Å². The van der Waals surface area contributed by atoms with Crippen molar-refractivity contribution in [3.8, 4) is 0 Å². The van der Waals surface area contributed by atoms with Gasteiger partial charge in [0.05, 0.1) is 6.54 Å². The highest BCUT2D eigenvalue weighted by molar-refractivity contribution is 5.85. The number of nitrogens with one attached hydrogen (secondary N) is 1. The Labute approximate surface area is 135 Å². The van der Waals surface area contributed by atoms with Crippen LogP contribution in [0.25, 0.3) is 5.65 Å². The lowest BCUT2D eigenvalue weighted by Gasteiger charge is -2.34. The van der Waals surface area contributed by atoms with Crippen LogP contribution in [0.3, 0.4) is 0 Å². The minimum atomic E-state index is -0.0389.